The summed E-state index contributed by atoms with van der Waals surface area (Å²) in [5.74, 6) is -1.00. The van der Waals surface area contributed by atoms with Crippen LogP contribution < -0.4 is 5.73 Å². The molecule has 2 aliphatic rings. The molecule has 5 nitrogen and oxygen atoms in total. The first kappa shape index (κ1) is 17.4. The van der Waals surface area contributed by atoms with Gasteiger partial charge in [-0.05, 0) is 55.0 Å². The normalized spacial score (nSPS) is 19.0. The first-order valence-corrected chi connectivity index (χ1v) is 10.3. The Morgan fingerprint density at radius 2 is 1.88 bits per heavy atom. The van der Waals surface area contributed by atoms with Crippen molar-refractivity contribution in [2.45, 2.75) is 36.6 Å². The van der Waals surface area contributed by atoms with Gasteiger partial charge in [0, 0.05) is 11.9 Å². The van der Waals surface area contributed by atoms with Crippen molar-refractivity contribution in [2.24, 2.45) is 17.6 Å². The van der Waals surface area contributed by atoms with E-state index >= 15 is 0 Å². The Balaban J connectivity index is 1.80. The summed E-state index contributed by atoms with van der Waals surface area (Å²) in [5, 5.41) is 0.883. The van der Waals surface area contributed by atoms with Crippen LogP contribution in [0.15, 0.2) is 41.3 Å². The zero-order chi connectivity index (χ0) is 18.5. The van der Waals surface area contributed by atoms with Gasteiger partial charge in [0.25, 0.3) is 0 Å². The number of benzene rings is 2. The third-order valence-electron chi connectivity index (χ3n) is 5.20. The molecule has 4 rings (SSSR count). The van der Waals surface area contributed by atoms with Gasteiger partial charge in [0.2, 0.25) is 15.9 Å². The monoisotopic (exact) mass is 376 g/mol. The fourth-order valence-corrected chi connectivity index (χ4v) is 5.24. The topological polar surface area (TPSA) is 80.5 Å². The van der Waals surface area contributed by atoms with Crippen LogP contribution in [0.4, 0.5) is 4.39 Å². The van der Waals surface area contributed by atoms with Gasteiger partial charge >= 0.3 is 0 Å². The van der Waals surface area contributed by atoms with E-state index in [-0.39, 0.29) is 23.3 Å². The van der Waals surface area contributed by atoms with Crippen molar-refractivity contribution < 1.29 is 17.6 Å². The fraction of sp³-hybridized carbons (Fsp3) is 0.421. The summed E-state index contributed by atoms with van der Waals surface area (Å²) in [4.78, 5) is 11.9. The fourth-order valence-electron chi connectivity index (χ4n) is 3.46. The highest BCUT2D eigenvalue weighted by atomic mass is 32.2. The molecule has 0 bridgehead atoms. The number of nitrogens with zero attached hydrogens (tertiary/aromatic N) is 1. The SMILES string of the molecule is NC(=O)C(C1CC1)N(CC1CC1)S(=O)(=O)c1cc(F)c2ccccc2c1. The van der Waals surface area contributed by atoms with Crippen molar-refractivity contribution in [1.29, 1.82) is 0 Å². The maximum atomic E-state index is 14.5. The highest BCUT2D eigenvalue weighted by molar-refractivity contribution is 7.89. The zero-order valence-electron chi connectivity index (χ0n) is 14.3. The second-order valence-corrected chi connectivity index (χ2v) is 9.22. The van der Waals surface area contributed by atoms with Crippen molar-refractivity contribution in [2.75, 3.05) is 6.54 Å². The minimum absolute atomic E-state index is 0.0358. The Kier molecular flexibility index (Phi) is 4.23. The van der Waals surface area contributed by atoms with Crippen molar-refractivity contribution >= 4 is 26.7 Å². The van der Waals surface area contributed by atoms with E-state index in [1.54, 1.807) is 24.3 Å². The predicted molar refractivity (Wildman–Crippen MR) is 96.2 cm³/mol. The number of carbonyl (C=O) groups is 1. The van der Waals surface area contributed by atoms with E-state index in [1.807, 2.05) is 0 Å². The van der Waals surface area contributed by atoms with Crippen molar-refractivity contribution in [1.82, 2.24) is 4.31 Å². The molecule has 1 unspecified atom stereocenters. The number of fused-ring (bicyclic) bond motifs is 1. The minimum atomic E-state index is -4.03. The van der Waals surface area contributed by atoms with Crippen LogP contribution in [0.3, 0.4) is 0 Å². The number of hydrogen-bond donors (Lipinski definition) is 1. The van der Waals surface area contributed by atoms with Gasteiger partial charge in [0.05, 0.1) is 4.90 Å². The van der Waals surface area contributed by atoms with Crippen molar-refractivity contribution in [3.8, 4) is 0 Å². The number of carbonyl (C=O) groups excluding carboxylic acids is 1. The largest absolute Gasteiger partial charge is 0.368 e. The van der Waals surface area contributed by atoms with Gasteiger partial charge < -0.3 is 5.73 Å². The average Bonchev–Trinajstić information content (AvgIpc) is 3.49. The number of sulfonamides is 1. The van der Waals surface area contributed by atoms with Gasteiger partial charge in [-0.25, -0.2) is 12.8 Å². The number of rotatable bonds is 7. The molecular formula is C19H21FN2O3S. The molecule has 0 spiro atoms. The van der Waals surface area contributed by atoms with E-state index in [2.05, 4.69) is 0 Å². The molecule has 7 heteroatoms. The zero-order valence-corrected chi connectivity index (χ0v) is 15.1. The third kappa shape index (κ3) is 3.21. The van der Waals surface area contributed by atoms with Crippen LogP contribution in [0.1, 0.15) is 25.7 Å². The molecule has 2 saturated carbocycles. The second kappa shape index (κ2) is 6.32. The van der Waals surface area contributed by atoms with E-state index in [9.17, 15) is 17.6 Å². The Hall–Kier alpha value is -1.99. The first-order chi connectivity index (χ1) is 12.4. The molecule has 0 aromatic heterocycles. The summed E-state index contributed by atoms with van der Waals surface area (Å²) < 4.78 is 42.3. The molecule has 2 fully saturated rings. The van der Waals surface area contributed by atoms with E-state index in [0.717, 1.165) is 31.7 Å². The summed E-state index contributed by atoms with van der Waals surface area (Å²) in [5.41, 5.74) is 5.55. The lowest BCUT2D eigenvalue weighted by Crippen LogP contribution is -2.50. The maximum Gasteiger partial charge on any atom is 0.243 e. The van der Waals surface area contributed by atoms with Crippen molar-refractivity contribution in [3.63, 3.8) is 0 Å². The van der Waals surface area contributed by atoms with E-state index in [1.165, 1.54) is 10.4 Å². The number of nitrogens with two attached hydrogens (primary N) is 1. The van der Waals surface area contributed by atoms with Crippen LogP contribution in [0.2, 0.25) is 0 Å². The first-order valence-electron chi connectivity index (χ1n) is 8.87. The van der Waals surface area contributed by atoms with Gasteiger partial charge in [0.15, 0.2) is 0 Å². The predicted octanol–water partition coefficient (Wildman–Crippen LogP) is 2.64. The standard InChI is InChI=1S/C19H21FN2O3S/c20-17-10-15(9-14-3-1-2-4-16(14)17)26(24,25)22(11-12-5-6-12)18(19(21)23)13-7-8-13/h1-4,9-10,12-13,18H,5-8,11H2,(H2,21,23). The van der Waals surface area contributed by atoms with Crippen LogP contribution in [0, 0.1) is 17.7 Å². The number of hydrogen-bond acceptors (Lipinski definition) is 3. The molecule has 2 N–H and O–H groups in total. The van der Waals surface area contributed by atoms with Crippen LogP contribution in [0.5, 0.6) is 0 Å². The number of halogens is 1. The average molecular weight is 376 g/mol. The van der Waals surface area contributed by atoms with Crippen LogP contribution in [-0.4, -0.2) is 31.2 Å². The quantitative estimate of drug-likeness (QED) is 0.807. The summed E-state index contributed by atoms with van der Waals surface area (Å²) in [6, 6.07) is 8.39. The number of primary amides is 1. The highest BCUT2D eigenvalue weighted by Gasteiger charge is 2.46. The lowest BCUT2D eigenvalue weighted by atomic mass is 10.1. The molecule has 0 saturated heterocycles. The van der Waals surface area contributed by atoms with Gasteiger partial charge in [-0.1, -0.05) is 24.3 Å². The molecule has 0 radical (unpaired) electrons. The Morgan fingerprint density at radius 1 is 1.19 bits per heavy atom. The van der Waals surface area contributed by atoms with E-state index < -0.39 is 27.8 Å². The van der Waals surface area contributed by atoms with E-state index in [0.29, 0.717) is 10.8 Å². The molecule has 138 valence electrons. The molecule has 26 heavy (non-hydrogen) atoms. The van der Waals surface area contributed by atoms with Gasteiger partial charge in [-0.3, -0.25) is 4.79 Å². The molecule has 1 amide bonds. The Labute approximate surface area is 152 Å². The van der Waals surface area contributed by atoms with Gasteiger partial charge in [-0.2, -0.15) is 4.31 Å². The molecule has 0 aliphatic heterocycles. The van der Waals surface area contributed by atoms with Gasteiger partial charge in [-0.15, -0.1) is 0 Å². The third-order valence-corrected chi connectivity index (χ3v) is 7.02. The summed E-state index contributed by atoms with van der Waals surface area (Å²) in [6.07, 6.45) is 3.45. The lowest BCUT2D eigenvalue weighted by molar-refractivity contribution is -0.122. The maximum absolute atomic E-state index is 14.5. The van der Waals surface area contributed by atoms with Crippen LogP contribution in [-0.2, 0) is 14.8 Å². The molecule has 0 heterocycles. The minimum Gasteiger partial charge on any atom is -0.368 e. The molecule has 1 atom stereocenters. The smallest absolute Gasteiger partial charge is 0.243 e. The highest BCUT2D eigenvalue weighted by Crippen LogP contribution is 2.40. The lowest BCUT2D eigenvalue weighted by Gasteiger charge is -2.29. The Bertz CT molecular complexity index is 968. The van der Waals surface area contributed by atoms with E-state index in [4.69, 9.17) is 5.73 Å². The van der Waals surface area contributed by atoms with Gasteiger partial charge in [0.1, 0.15) is 11.9 Å². The number of amides is 1. The summed E-state index contributed by atoms with van der Waals surface area (Å²) in [7, 11) is -4.03. The second-order valence-electron chi connectivity index (χ2n) is 7.33. The summed E-state index contributed by atoms with van der Waals surface area (Å²) >= 11 is 0. The molecular weight excluding hydrogens is 355 g/mol. The molecule has 2 aromatic carbocycles. The molecule has 2 aliphatic carbocycles. The van der Waals surface area contributed by atoms with Crippen molar-refractivity contribution in [3.05, 3.63) is 42.2 Å². The van der Waals surface area contributed by atoms with Crippen LogP contribution >= 0.6 is 0 Å². The summed E-state index contributed by atoms with van der Waals surface area (Å²) in [6.45, 7) is 0.265. The van der Waals surface area contributed by atoms with Crippen LogP contribution in [0.25, 0.3) is 10.8 Å². The Morgan fingerprint density at radius 3 is 2.50 bits per heavy atom. The molecule has 2 aromatic rings.